The number of hydrogen-bond acceptors (Lipinski definition) is 4. The van der Waals surface area contributed by atoms with Gasteiger partial charge < -0.3 is 9.64 Å². The van der Waals surface area contributed by atoms with Crippen molar-refractivity contribution in [2.75, 3.05) is 7.11 Å². The maximum absolute atomic E-state index is 13.2. The molecule has 2 aromatic rings. The summed E-state index contributed by atoms with van der Waals surface area (Å²) < 4.78 is 6.63. The van der Waals surface area contributed by atoms with E-state index in [4.69, 9.17) is 4.74 Å². The number of methoxy groups -OCH3 is 1. The van der Waals surface area contributed by atoms with Crippen LogP contribution in [0.25, 0.3) is 5.69 Å². The summed E-state index contributed by atoms with van der Waals surface area (Å²) in [6.45, 7) is 10.4. The second-order valence-electron chi connectivity index (χ2n) is 8.61. The van der Waals surface area contributed by atoms with Crippen molar-refractivity contribution in [1.29, 1.82) is 0 Å². The molecule has 3 rings (SSSR count). The number of carbonyl (C=O) groups excluding carboxylic acids is 2. The van der Waals surface area contributed by atoms with Gasteiger partial charge in [-0.05, 0) is 75.8 Å². The summed E-state index contributed by atoms with van der Waals surface area (Å²) in [5, 5.41) is 4.65. The van der Waals surface area contributed by atoms with Gasteiger partial charge in [0.25, 0.3) is 5.91 Å². The highest BCUT2D eigenvalue weighted by Crippen LogP contribution is 2.32. The van der Waals surface area contributed by atoms with E-state index in [9.17, 15) is 9.59 Å². The predicted molar refractivity (Wildman–Crippen MR) is 117 cm³/mol. The molecule has 162 valence electrons. The molecule has 1 fully saturated rings. The number of nitrogens with zero attached hydrogens (tertiary/aromatic N) is 3. The minimum Gasteiger partial charge on any atom is -0.469 e. The molecule has 6 heteroatoms. The number of amides is 1. The molecule has 1 aromatic heterocycles. The summed E-state index contributed by atoms with van der Waals surface area (Å²) in [5.41, 5.74) is 4.59. The monoisotopic (exact) mass is 411 g/mol. The van der Waals surface area contributed by atoms with E-state index in [1.165, 1.54) is 7.11 Å². The average Bonchev–Trinajstić information content (AvgIpc) is 3.52. The van der Waals surface area contributed by atoms with Crippen LogP contribution in [-0.4, -0.2) is 45.8 Å². The lowest BCUT2D eigenvalue weighted by atomic mass is 10.0. The largest absolute Gasteiger partial charge is 0.469 e. The van der Waals surface area contributed by atoms with Gasteiger partial charge in [-0.2, -0.15) is 5.10 Å². The molecule has 1 saturated carbocycles. The molecule has 1 heterocycles. The van der Waals surface area contributed by atoms with E-state index in [2.05, 4.69) is 30.8 Å². The molecular weight excluding hydrogens is 378 g/mol. The van der Waals surface area contributed by atoms with E-state index in [1.807, 2.05) is 42.8 Å². The van der Waals surface area contributed by atoms with Crippen LogP contribution >= 0.6 is 0 Å². The van der Waals surface area contributed by atoms with Crippen molar-refractivity contribution in [3.05, 3.63) is 46.8 Å². The molecule has 1 amide bonds. The van der Waals surface area contributed by atoms with Gasteiger partial charge in [0, 0.05) is 29.8 Å². The van der Waals surface area contributed by atoms with Gasteiger partial charge >= 0.3 is 5.97 Å². The zero-order valence-corrected chi connectivity index (χ0v) is 18.9. The van der Waals surface area contributed by atoms with Crippen LogP contribution in [0, 0.1) is 19.8 Å². The Bertz CT molecular complexity index is 911. The first kappa shape index (κ1) is 22.1. The third-order valence-electron chi connectivity index (χ3n) is 6.19. The first-order chi connectivity index (χ1) is 14.2. The highest BCUT2D eigenvalue weighted by Gasteiger charge is 2.37. The smallest absolute Gasteiger partial charge is 0.305 e. The molecule has 0 bridgehead atoms. The van der Waals surface area contributed by atoms with Crippen molar-refractivity contribution < 1.29 is 14.3 Å². The number of rotatable bonds is 8. The Morgan fingerprint density at radius 2 is 1.80 bits per heavy atom. The Morgan fingerprint density at radius 1 is 1.17 bits per heavy atom. The number of aromatic nitrogens is 2. The highest BCUT2D eigenvalue weighted by atomic mass is 16.5. The van der Waals surface area contributed by atoms with Gasteiger partial charge in [-0.15, -0.1) is 0 Å². The number of benzene rings is 1. The fraction of sp³-hybridized carbons (Fsp3) is 0.542. The van der Waals surface area contributed by atoms with E-state index in [-0.39, 0.29) is 17.9 Å². The minimum atomic E-state index is -0.222. The van der Waals surface area contributed by atoms with Crippen LogP contribution < -0.4 is 0 Å². The lowest BCUT2D eigenvalue weighted by Gasteiger charge is -2.32. The maximum atomic E-state index is 13.2. The molecule has 0 saturated heterocycles. The summed E-state index contributed by atoms with van der Waals surface area (Å²) >= 11 is 0. The Hall–Kier alpha value is -2.63. The number of hydrogen-bond donors (Lipinski definition) is 0. The molecule has 0 radical (unpaired) electrons. The molecule has 0 aliphatic heterocycles. The second-order valence-corrected chi connectivity index (χ2v) is 8.61. The first-order valence-electron chi connectivity index (χ1n) is 10.8. The van der Waals surface area contributed by atoms with Crippen LogP contribution in [0.15, 0.2) is 24.3 Å². The quantitative estimate of drug-likeness (QED) is 0.610. The van der Waals surface area contributed by atoms with Crippen LogP contribution in [0.3, 0.4) is 0 Å². The standard InChI is InChI=1S/C24H33N3O3/c1-15(2)17(4)26(20-11-12-20)24(29)19-7-9-21(10-8-19)27-18(5)22(16(3)25-27)13-14-23(28)30-6/h7-10,15,17,20H,11-14H2,1-6H3. The molecule has 30 heavy (non-hydrogen) atoms. The van der Waals surface area contributed by atoms with Gasteiger partial charge in [-0.1, -0.05) is 13.8 Å². The Labute approximate surface area is 179 Å². The molecular formula is C24H33N3O3. The van der Waals surface area contributed by atoms with Crippen LogP contribution in [0.4, 0.5) is 0 Å². The molecule has 1 aromatic carbocycles. The minimum absolute atomic E-state index is 0.109. The molecule has 1 aliphatic rings. The van der Waals surface area contributed by atoms with Crippen LogP contribution in [0.1, 0.15) is 67.3 Å². The van der Waals surface area contributed by atoms with Gasteiger partial charge in [-0.3, -0.25) is 9.59 Å². The molecule has 0 spiro atoms. The molecule has 1 atom stereocenters. The number of ether oxygens (including phenoxy) is 1. The fourth-order valence-electron chi connectivity index (χ4n) is 3.87. The lowest BCUT2D eigenvalue weighted by molar-refractivity contribution is -0.140. The number of carbonyl (C=O) groups is 2. The topological polar surface area (TPSA) is 64.4 Å². The third-order valence-corrected chi connectivity index (χ3v) is 6.19. The zero-order chi connectivity index (χ0) is 22.0. The van der Waals surface area contributed by atoms with Crippen LogP contribution in [-0.2, 0) is 16.0 Å². The van der Waals surface area contributed by atoms with E-state index in [0.29, 0.717) is 30.4 Å². The summed E-state index contributed by atoms with van der Waals surface area (Å²) in [7, 11) is 1.40. The van der Waals surface area contributed by atoms with E-state index >= 15 is 0 Å². The van der Waals surface area contributed by atoms with Crippen molar-refractivity contribution in [2.24, 2.45) is 5.92 Å². The van der Waals surface area contributed by atoms with Crippen LogP contribution in [0.2, 0.25) is 0 Å². The van der Waals surface area contributed by atoms with Gasteiger partial charge in [-0.25, -0.2) is 4.68 Å². The highest BCUT2D eigenvalue weighted by molar-refractivity contribution is 5.95. The average molecular weight is 412 g/mol. The maximum Gasteiger partial charge on any atom is 0.305 e. The zero-order valence-electron chi connectivity index (χ0n) is 18.9. The first-order valence-corrected chi connectivity index (χ1v) is 10.8. The number of aryl methyl sites for hydroxylation is 1. The normalized spacial score (nSPS) is 14.6. The van der Waals surface area contributed by atoms with Gasteiger partial charge in [0.15, 0.2) is 0 Å². The van der Waals surface area contributed by atoms with E-state index in [0.717, 1.165) is 35.5 Å². The van der Waals surface area contributed by atoms with Crippen LogP contribution in [0.5, 0.6) is 0 Å². The fourth-order valence-corrected chi connectivity index (χ4v) is 3.87. The summed E-state index contributed by atoms with van der Waals surface area (Å²) in [6.07, 6.45) is 3.13. The van der Waals surface area contributed by atoms with Gasteiger partial charge in [0.05, 0.1) is 18.5 Å². The van der Waals surface area contributed by atoms with E-state index < -0.39 is 0 Å². The molecule has 6 nitrogen and oxygen atoms in total. The van der Waals surface area contributed by atoms with Gasteiger partial charge in [0.1, 0.15) is 0 Å². The Morgan fingerprint density at radius 3 is 2.33 bits per heavy atom. The van der Waals surface area contributed by atoms with Crippen molar-refractivity contribution in [3.63, 3.8) is 0 Å². The second kappa shape index (κ2) is 9.02. The third kappa shape index (κ3) is 4.58. The summed E-state index contributed by atoms with van der Waals surface area (Å²) in [5.74, 6) is 0.310. The van der Waals surface area contributed by atoms with Crippen molar-refractivity contribution in [3.8, 4) is 5.69 Å². The Kier molecular flexibility index (Phi) is 6.64. The number of esters is 1. The Balaban J connectivity index is 1.80. The predicted octanol–water partition coefficient (Wildman–Crippen LogP) is 4.24. The van der Waals surface area contributed by atoms with E-state index in [1.54, 1.807) is 0 Å². The molecule has 1 aliphatic carbocycles. The van der Waals surface area contributed by atoms with Crippen molar-refractivity contribution in [2.45, 2.75) is 72.4 Å². The SMILES string of the molecule is COC(=O)CCc1c(C)nn(-c2ccc(C(=O)N(C3CC3)C(C)C(C)C)cc2)c1C. The summed E-state index contributed by atoms with van der Waals surface area (Å²) in [6, 6.07) is 8.28. The molecule has 1 unspecified atom stereocenters. The lowest BCUT2D eigenvalue weighted by Crippen LogP contribution is -2.43. The van der Waals surface area contributed by atoms with Crippen molar-refractivity contribution in [1.82, 2.24) is 14.7 Å². The molecule has 0 N–H and O–H groups in total. The van der Waals surface area contributed by atoms with Gasteiger partial charge in [0.2, 0.25) is 0 Å². The van der Waals surface area contributed by atoms with Crippen molar-refractivity contribution >= 4 is 11.9 Å². The summed E-state index contributed by atoms with van der Waals surface area (Å²) in [4.78, 5) is 26.7.